The molecule has 27 heavy (non-hydrogen) atoms. The van der Waals surface area contributed by atoms with Crippen molar-refractivity contribution in [3.8, 4) is 11.1 Å². The lowest BCUT2D eigenvalue weighted by Gasteiger charge is -2.34. The van der Waals surface area contributed by atoms with E-state index in [0.717, 1.165) is 18.3 Å². The van der Waals surface area contributed by atoms with Crippen molar-refractivity contribution in [3.63, 3.8) is 0 Å². The first-order valence-corrected chi connectivity index (χ1v) is 8.47. The predicted molar refractivity (Wildman–Crippen MR) is 92.6 cm³/mol. The second-order valence-electron chi connectivity index (χ2n) is 6.56. The third-order valence-corrected chi connectivity index (χ3v) is 4.86. The maximum absolute atomic E-state index is 13.8. The standard InChI is InChI=1S/C19H16F3N3O2/c1-10-9-25-15-7-12(20)8-23-17(15)16(11-2-3-13(21)14(22)6-11)18(25)19(27)24(10)4-5-26/h2-3,6-8,10,26H,4-5,9H2,1H3/t10-/m0/s1. The molecule has 5 nitrogen and oxygen atoms in total. The molecule has 2 aromatic heterocycles. The molecule has 0 radical (unpaired) electrons. The van der Waals surface area contributed by atoms with E-state index in [1.807, 2.05) is 6.92 Å². The first-order chi connectivity index (χ1) is 12.9. The number of fused-ring (bicyclic) bond motifs is 3. The summed E-state index contributed by atoms with van der Waals surface area (Å²) in [5.74, 6) is -2.98. The van der Waals surface area contributed by atoms with Gasteiger partial charge in [0.05, 0.1) is 23.8 Å². The Morgan fingerprint density at radius 3 is 2.70 bits per heavy atom. The fraction of sp³-hybridized carbons (Fsp3) is 0.263. The van der Waals surface area contributed by atoms with E-state index in [0.29, 0.717) is 23.1 Å². The van der Waals surface area contributed by atoms with Crippen molar-refractivity contribution in [3.05, 3.63) is 53.6 Å². The van der Waals surface area contributed by atoms with Gasteiger partial charge >= 0.3 is 0 Å². The highest BCUT2D eigenvalue weighted by atomic mass is 19.2. The molecule has 3 aromatic rings. The lowest BCUT2D eigenvalue weighted by Crippen LogP contribution is -2.47. The number of β-amino-alcohol motifs (C(OH)–C–C–N with tert-alkyl or cyclic N) is 1. The van der Waals surface area contributed by atoms with Gasteiger partial charge in [-0.05, 0) is 24.6 Å². The van der Waals surface area contributed by atoms with Gasteiger partial charge in [-0.1, -0.05) is 6.07 Å². The average Bonchev–Trinajstić information content (AvgIpc) is 2.95. The summed E-state index contributed by atoms with van der Waals surface area (Å²) in [7, 11) is 0. The number of carbonyl (C=O) groups excluding carboxylic acids is 1. The number of amides is 1. The maximum atomic E-state index is 13.8. The van der Waals surface area contributed by atoms with Crippen molar-refractivity contribution in [1.82, 2.24) is 14.5 Å². The number of rotatable bonds is 3. The molecule has 1 aromatic carbocycles. The number of aliphatic hydroxyl groups excluding tert-OH is 1. The van der Waals surface area contributed by atoms with Gasteiger partial charge < -0.3 is 14.6 Å². The van der Waals surface area contributed by atoms with Gasteiger partial charge in [-0.2, -0.15) is 0 Å². The lowest BCUT2D eigenvalue weighted by atomic mass is 10.0. The summed E-state index contributed by atoms with van der Waals surface area (Å²) in [6.45, 7) is 2.13. The van der Waals surface area contributed by atoms with Crippen molar-refractivity contribution in [2.45, 2.75) is 19.5 Å². The zero-order valence-electron chi connectivity index (χ0n) is 14.4. The molecule has 3 heterocycles. The zero-order chi connectivity index (χ0) is 19.3. The molecule has 1 aliphatic rings. The summed E-state index contributed by atoms with van der Waals surface area (Å²) < 4.78 is 42.7. The highest BCUT2D eigenvalue weighted by molar-refractivity contribution is 6.09. The second-order valence-corrected chi connectivity index (χ2v) is 6.56. The number of aliphatic hydroxyl groups is 1. The van der Waals surface area contributed by atoms with Crippen LogP contribution in [0.25, 0.3) is 22.2 Å². The molecule has 1 N–H and O–H groups in total. The number of benzene rings is 1. The summed E-state index contributed by atoms with van der Waals surface area (Å²) in [4.78, 5) is 18.7. The van der Waals surface area contributed by atoms with Crippen LogP contribution in [-0.2, 0) is 6.54 Å². The molecule has 0 fully saturated rings. The SMILES string of the molecule is C[C@H]1Cn2c(c(-c3ccc(F)c(F)c3)c3ncc(F)cc32)C(=O)N1CCO. The van der Waals surface area contributed by atoms with Crippen LogP contribution in [0.1, 0.15) is 17.4 Å². The minimum Gasteiger partial charge on any atom is -0.395 e. The Labute approximate surface area is 152 Å². The normalized spacial score (nSPS) is 16.9. The average molecular weight is 375 g/mol. The van der Waals surface area contributed by atoms with Crippen LogP contribution in [0.15, 0.2) is 30.5 Å². The Hall–Kier alpha value is -2.87. The number of pyridine rings is 1. The quantitative estimate of drug-likeness (QED) is 0.766. The second kappa shape index (κ2) is 6.38. The van der Waals surface area contributed by atoms with Gasteiger partial charge in [-0.25, -0.2) is 13.2 Å². The van der Waals surface area contributed by atoms with Gasteiger partial charge in [0.1, 0.15) is 11.5 Å². The van der Waals surface area contributed by atoms with Crippen molar-refractivity contribution in [1.29, 1.82) is 0 Å². The van der Waals surface area contributed by atoms with E-state index in [9.17, 15) is 23.1 Å². The molecule has 8 heteroatoms. The Morgan fingerprint density at radius 1 is 1.22 bits per heavy atom. The van der Waals surface area contributed by atoms with Crippen LogP contribution in [-0.4, -0.2) is 44.7 Å². The molecule has 0 aliphatic carbocycles. The summed E-state index contributed by atoms with van der Waals surface area (Å²) in [6, 6.07) is 4.38. The van der Waals surface area contributed by atoms with E-state index in [1.165, 1.54) is 17.0 Å². The molecule has 0 spiro atoms. The molecule has 1 atom stereocenters. The number of nitrogens with zero attached hydrogens (tertiary/aromatic N) is 3. The number of aromatic nitrogens is 2. The smallest absolute Gasteiger partial charge is 0.271 e. The van der Waals surface area contributed by atoms with Gasteiger partial charge in [-0.15, -0.1) is 0 Å². The van der Waals surface area contributed by atoms with Crippen LogP contribution >= 0.6 is 0 Å². The highest BCUT2D eigenvalue weighted by Crippen LogP contribution is 2.37. The molecular weight excluding hydrogens is 359 g/mol. The fourth-order valence-corrected chi connectivity index (χ4v) is 3.66. The Balaban J connectivity index is 2.04. The van der Waals surface area contributed by atoms with Crippen LogP contribution < -0.4 is 0 Å². The van der Waals surface area contributed by atoms with Crippen LogP contribution in [0.2, 0.25) is 0 Å². The van der Waals surface area contributed by atoms with Gasteiger partial charge in [0, 0.05) is 30.8 Å². The zero-order valence-corrected chi connectivity index (χ0v) is 14.4. The molecule has 0 unspecified atom stereocenters. The molecule has 0 saturated heterocycles. The van der Waals surface area contributed by atoms with Gasteiger partial charge in [0.15, 0.2) is 11.6 Å². The number of carbonyl (C=O) groups is 1. The lowest BCUT2D eigenvalue weighted by molar-refractivity contribution is 0.0573. The highest BCUT2D eigenvalue weighted by Gasteiger charge is 2.35. The van der Waals surface area contributed by atoms with E-state index in [4.69, 9.17) is 0 Å². The summed E-state index contributed by atoms with van der Waals surface area (Å²) in [5.41, 5.74) is 1.57. The summed E-state index contributed by atoms with van der Waals surface area (Å²) >= 11 is 0. The van der Waals surface area contributed by atoms with Crippen LogP contribution in [0.5, 0.6) is 0 Å². The van der Waals surface area contributed by atoms with Gasteiger partial charge in [-0.3, -0.25) is 9.78 Å². The topological polar surface area (TPSA) is 58.4 Å². The minimum absolute atomic E-state index is 0.139. The minimum atomic E-state index is -1.05. The molecule has 0 bridgehead atoms. The van der Waals surface area contributed by atoms with Crippen molar-refractivity contribution < 1.29 is 23.1 Å². The first-order valence-electron chi connectivity index (χ1n) is 8.47. The Bertz CT molecular complexity index is 1060. The number of halogens is 3. The third kappa shape index (κ3) is 2.68. The maximum Gasteiger partial charge on any atom is 0.271 e. The van der Waals surface area contributed by atoms with E-state index in [-0.39, 0.29) is 36.4 Å². The summed E-state index contributed by atoms with van der Waals surface area (Å²) in [6.07, 6.45) is 1.02. The van der Waals surface area contributed by atoms with E-state index < -0.39 is 17.5 Å². The van der Waals surface area contributed by atoms with E-state index >= 15 is 0 Å². The molecule has 0 saturated carbocycles. The third-order valence-electron chi connectivity index (χ3n) is 4.86. The van der Waals surface area contributed by atoms with Crippen molar-refractivity contribution in [2.24, 2.45) is 0 Å². The van der Waals surface area contributed by atoms with Gasteiger partial charge in [0.25, 0.3) is 5.91 Å². The van der Waals surface area contributed by atoms with Crippen molar-refractivity contribution >= 4 is 16.9 Å². The summed E-state index contributed by atoms with van der Waals surface area (Å²) in [5, 5.41) is 9.28. The van der Waals surface area contributed by atoms with Gasteiger partial charge in [0.2, 0.25) is 0 Å². The van der Waals surface area contributed by atoms with E-state index in [2.05, 4.69) is 4.98 Å². The number of hydrogen-bond acceptors (Lipinski definition) is 3. The fourth-order valence-electron chi connectivity index (χ4n) is 3.66. The van der Waals surface area contributed by atoms with Crippen LogP contribution in [0, 0.1) is 17.5 Å². The molecule has 4 rings (SSSR count). The monoisotopic (exact) mass is 375 g/mol. The molecule has 140 valence electrons. The Morgan fingerprint density at radius 2 is 2.00 bits per heavy atom. The molecule has 1 amide bonds. The largest absolute Gasteiger partial charge is 0.395 e. The Kier molecular flexibility index (Phi) is 4.15. The molecule has 1 aliphatic heterocycles. The number of hydrogen-bond donors (Lipinski definition) is 1. The predicted octanol–water partition coefficient (Wildman–Crippen LogP) is 2.96. The van der Waals surface area contributed by atoms with Crippen molar-refractivity contribution in [2.75, 3.05) is 13.2 Å². The van der Waals surface area contributed by atoms with E-state index in [1.54, 1.807) is 4.57 Å². The molecular formula is C19H16F3N3O2. The van der Waals surface area contributed by atoms with Crippen LogP contribution in [0.4, 0.5) is 13.2 Å². The van der Waals surface area contributed by atoms with Crippen LogP contribution in [0.3, 0.4) is 0 Å². The first kappa shape index (κ1) is 17.5.